The van der Waals surface area contributed by atoms with Crippen LogP contribution in [0.2, 0.25) is 0 Å². The van der Waals surface area contributed by atoms with Crippen molar-refractivity contribution in [1.82, 2.24) is 0 Å². The minimum atomic E-state index is -0.787. The first-order chi connectivity index (χ1) is 32.5. The number of esters is 3. The van der Waals surface area contributed by atoms with Gasteiger partial charge in [0.1, 0.15) is 13.2 Å². The van der Waals surface area contributed by atoms with E-state index < -0.39 is 6.10 Å². The van der Waals surface area contributed by atoms with Gasteiger partial charge in [0.05, 0.1) is 0 Å². The summed E-state index contributed by atoms with van der Waals surface area (Å²) in [4.78, 5) is 38.1. The van der Waals surface area contributed by atoms with Gasteiger partial charge in [-0.1, -0.05) is 236 Å². The molecule has 66 heavy (non-hydrogen) atoms. The SMILES string of the molecule is CCCCC/C=C\C/C=C\C/C=C\C/C=C\CCCCCC(=O)OC[C@@H](COC(=O)CCCCCCCCCCCCCC)OC(=O)CCCCCCCCC/C=C\CCCCCCCC. The zero-order valence-electron chi connectivity index (χ0n) is 43.7. The van der Waals surface area contributed by atoms with Gasteiger partial charge in [-0.2, -0.15) is 0 Å². The van der Waals surface area contributed by atoms with E-state index in [2.05, 4.69) is 81.5 Å². The highest BCUT2D eigenvalue weighted by Gasteiger charge is 2.19. The Balaban J connectivity index is 4.41. The summed E-state index contributed by atoms with van der Waals surface area (Å²) < 4.78 is 16.8. The molecule has 0 radical (unpaired) electrons. The molecule has 1 atom stereocenters. The van der Waals surface area contributed by atoms with Gasteiger partial charge in [0.2, 0.25) is 0 Å². The molecule has 0 spiro atoms. The van der Waals surface area contributed by atoms with Crippen molar-refractivity contribution in [2.24, 2.45) is 0 Å². The van der Waals surface area contributed by atoms with Gasteiger partial charge < -0.3 is 14.2 Å². The lowest BCUT2D eigenvalue weighted by Gasteiger charge is -2.18. The van der Waals surface area contributed by atoms with Crippen LogP contribution in [0.5, 0.6) is 0 Å². The Bertz CT molecular complexity index is 1200. The highest BCUT2D eigenvalue weighted by Crippen LogP contribution is 2.15. The largest absolute Gasteiger partial charge is 0.462 e. The van der Waals surface area contributed by atoms with Gasteiger partial charge in [0.25, 0.3) is 0 Å². The summed E-state index contributed by atoms with van der Waals surface area (Å²) in [6.07, 6.45) is 67.7. The summed E-state index contributed by atoms with van der Waals surface area (Å²) >= 11 is 0. The Kier molecular flexibility index (Phi) is 52.3. The van der Waals surface area contributed by atoms with Crippen molar-refractivity contribution in [2.75, 3.05) is 13.2 Å². The van der Waals surface area contributed by atoms with E-state index in [0.717, 1.165) is 83.5 Å². The number of rotatable bonds is 51. The van der Waals surface area contributed by atoms with Gasteiger partial charge in [-0.15, -0.1) is 0 Å². The van der Waals surface area contributed by atoms with E-state index in [1.165, 1.54) is 161 Å². The maximum Gasteiger partial charge on any atom is 0.306 e. The summed E-state index contributed by atoms with van der Waals surface area (Å²) in [5.74, 6) is -0.911. The van der Waals surface area contributed by atoms with Crippen molar-refractivity contribution >= 4 is 17.9 Å². The van der Waals surface area contributed by atoms with Crippen LogP contribution in [0.25, 0.3) is 0 Å². The van der Waals surface area contributed by atoms with Crippen LogP contribution < -0.4 is 0 Å². The number of carbonyl (C=O) groups is 3. The molecule has 0 N–H and O–H groups in total. The lowest BCUT2D eigenvalue weighted by atomic mass is 10.0. The lowest BCUT2D eigenvalue weighted by molar-refractivity contribution is -0.167. The van der Waals surface area contributed by atoms with Crippen LogP contribution in [0, 0.1) is 0 Å². The Labute approximate surface area is 409 Å². The second-order valence-corrected chi connectivity index (χ2v) is 18.8. The van der Waals surface area contributed by atoms with Crippen LogP contribution in [0.4, 0.5) is 0 Å². The summed E-state index contributed by atoms with van der Waals surface area (Å²) in [6.45, 7) is 6.59. The second kappa shape index (κ2) is 54.7. The molecule has 0 fully saturated rings. The maximum atomic E-state index is 12.8. The molecular weight excluding hydrogens is 817 g/mol. The van der Waals surface area contributed by atoms with E-state index in [1.54, 1.807) is 0 Å². The summed E-state index contributed by atoms with van der Waals surface area (Å²) in [7, 11) is 0. The first-order valence-corrected chi connectivity index (χ1v) is 28.3. The third-order valence-electron chi connectivity index (χ3n) is 12.2. The van der Waals surface area contributed by atoms with E-state index in [4.69, 9.17) is 14.2 Å². The molecule has 0 amide bonds. The van der Waals surface area contributed by atoms with Gasteiger partial charge in [-0.05, 0) is 89.9 Å². The minimum Gasteiger partial charge on any atom is -0.462 e. The second-order valence-electron chi connectivity index (χ2n) is 18.8. The Morgan fingerprint density at radius 2 is 0.545 bits per heavy atom. The minimum absolute atomic E-state index is 0.0839. The van der Waals surface area contributed by atoms with Crippen LogP contribution in [-0.4, -0.2) is 37.2 Å². The highest BCUT2D eigenvalue weighted by molar-refractivity contribution is 5.71. The molecule has 0 bridgehead atoms. The molecule has 0 heterocycles. The van der Waals surface area contributed by atoms with Gasteiger partial charge in [-0.25, -0.2) is 0 Å². The average molecular weight is 924 g/mol. The van der Waals surface area contributed by atoms with Crippen molar-refractivity contribution in [3.05, 3.63) is 60.8 Å². The number of ether oxygens (including phenoxy) is 3. The van der Waals surface area contributed by atoms with Crippen LogP contribution >= 0.6 is 0 Å². The van der Waals surface area contributed by atoms with Crippen molar-refractivity contribution in [1.29, 1.82) is 0 Å². The third-order valence-corrected chi connectivity index (χ3v) is 12.2. The van der Waals surface area contributed by atoms with Crippen LogP contribution in [0.1, 0.15) is 284 Å². The number of hydrogen-bond donors (Lipinski definition) is 0. The average Bonchev–Trinajstić information content (AvgIpc) is 3.31. The predicted octanol–water partition coefficient (Wildman–Crippen LogP) is 18.8. The maximum absolute atomic E-state index is 12.8. The Morgan fingerprint density at radius 3 is 0.909 bits per heavy atom. The predicted molar refractivity (Wildman–Crippen MR) is 284 cm³/mol. The van der Waals surface area contributed by atoms with Crippen molar-refractivity contribution < 1.29 is 28.6 Å². The molecule has 0 saturated heterocycles. The third kappa shape index (κ3) is 52.1. The highest BCUT2D eigenvalue weighted by atomic mass is 16.6. The quantitative estimate of drug-likeness (QED) is 0.0262. The van der Waals surface area contributed by atoms with Crippen molar-refractivity contribution in [2.45, 2.75) is 290 Å². The van der Waals surface area contributed by atoms with E-state index >= 15 is 0 Å². The van der Waals surface area contributed by atoms with Crippen LogP contribution in [-0.2, 0) is 28.6 Å². The Hall–Kier alpha value is -2.89. The normalized spacial score (nSPS) is 12.5. The molecule has 6 nitrogen and oxygen atoms in total. The lowest BCUT2D eigenvalue weighted by Crippen LogP contribution is -2.30. The standard InChI is InChI=1S/C60H106O6/c1-4-7-10-13-16-19-22-25-27-29-30-32-33-35-38-41-44-47-50-53-59(62)65-56-57(55-64-58(61)52-49-46-43-40-37-24-21-18-15-12-9-6-3)66-60(63)54-51-48-45-42-39-36-34-31-28-26-23-20-17-14-11-8-5-2/h16,19,25-28,30,32,35,38,57H,4-15,17-18,20-24,29,31,33-34,36-37,39-56H2,1-3H3/b19-16-,27-25-,28-26-,32-30-,38-35-/t57-/m1/s1. The van der Waals surface area contributed by atoms with E-state index in [0.29, 0.717) is 19.3 Å². The fourth-order valence-corrected chi connectivity index (χ4v) is 7.95. The van der Waals surface area contributed by atoms with Gasteiger partial charge in [0.15, 0.2) is 6.10 Å². The molecule has 0 aliphatic carbocycles. The monoisotopic (exact) mass is 923 g/mol. The zero-order valence-corrected chi connectivity index (χ0v) is 43.7. The molecule has 0 unspecified atom stereocenters. The summed E-state index contributed by atoms with van der Waals surface area (Å²) in [5.41, 5.74) is 0. The van der Waals surface area contributed by atoms with E-state index in [-0.39, 0.29) is 31.1 Å². The molecular formula is C60H106O6. The molecule has 0 saturated carbocycles. The fraction of sp³-hybridized carbons (Fsp3) is 0.783. The first-order valence-electron chi connectivity index (χ1n) is 28.3. The van der Waals surface area contributed by atoms with Gasteiger partial charge in [0, 0.05) is 19.3 Å². The molecule has 0 aliphatic heterocycles. The zero-order chi connectivity index (χ0) is 47.9. The topological polar surface area (TPSA) is 78.9 Å². The number of carbonyl (C=O) groups excluding carboxylic acids is 3. The number of allylic oxidation sites excluding steroid dienone is 10. The molecule has 382 valence electrons. The van der Waals surface area contributed by atoms with E-state index in [1.807, 2.05) is 0 Å². The van der Waals surface area contributed by atoms with E-state index in [9.17, 15) is 14.4 Å². The van der Waals surface area contributed by atoms with Crippen LogP contribution in [0.3, 0.4) is 0 Å². The smallest absolute Gasteiger partial charge is 0.306 e. The first kappa shape index (κ1) is 63.1. The molecule has 0 rings (SSSR count). The molecule has 6 heteroatoms. The fourth-order valence-electron chi connectivity index (χ4n) is 7.95. The summed E-state index contributed by atoms with van der Waals surface area (Å²) in [6, 6.07) is 0. The molecule has 0 aromatic carbocycles. The Morgan fingerprint density at radius 1 is 0.303 bits per heavy atom. The molecule has 0 aromatic rings. The summed E-state index contributed by atoms with van der Waals surface area (Å²) in [5, 5.41) is 0. The number of hydrogen-bond acceptors (Lipinski definition) is 6. The van der Waals surface area contributed by atoms with Gasteiger partial charge >= 0.3 is 17.9 Å². The molecule has 0 aliphatic rings. The number of unbranched alkanes of at least 4 members (excludes halogenated alkanes) is 30. The molecule has 0 aromatic heterocycles. The van der Waals surface area contributed by atoms with Gasteiger partial charge in [-0.3, -0.25) is 14.4 Å². The van der Waals surface area contributed by atoms with Crippen molar-refractivity contribution in [3.8, 4) is 0 Å². The van der Waals surface area contributed by atoms with Crippen molar-refractivity contribution in [3.63, 3.8) is 0 Å². The van der Waals surface area contributed by atoms with Crippen LogP contribution in [0.15, 0.2) is 60.8 Å².